The van der Waals surface area contributed by atoms with Crippen molar-refractivity contribution < 1.29 is 0 Å². The average molecular weight is 479 g/mol. The van der Waals surface area contributed by atoms with Crippen molar-refractivity contribution in [3.63, 3.8) is 0 Å². The van der Waals surface area contributed by atoms with Crippen LogP contribution in [0.15, 0.2) is 48.5 Å². The number of anilines is 1. The number of hydrogen-bond acceptors (Lipinski definition) is 4. The molecule has 0 saturated carbocycles. The lowest BCUT2D eigenvalue weighted by molar-refractivity contribution is 0.258. The van der Waals surface area contributed by atoms with E-state index in [1.807, 2.05) is 61.0 Å². The molecule has 5 nitrogen and oxygen atoms in total. The minimum Gasteiger partial charge on any atom is -0.372 e. The minimum absolute atomic E-state index is 0.128. The lowest BCUT2D eigenvalue weighted by Gasteiger charge is -2.33. The first kappa shape index (κ1) is 23.6. The molecular weight excluding hydrogens is 453 g/mol. The Hall–Kier alpha value is -2.08. The van der Waals surface area contributed by atoms with Crippen molar-refractivity contribution in [3.8, 4) is 0 Å². The highest BCUT2D eigenvalue weighted by Gasteiger charge is 2.34. The summed E-state index contributed by atoms with van der Waals surface area (Å²) in [5, 5.41) is 18.0. The first-order valence-corrected chi connectivity index (χ1v) is 11.1. The smallest absolute Gasteiger partial charge is 0.176 e. The van der Waals surface area contributed by atoms with Gasteiger partial charge < -0.3 is 5.32 Å². The van der Waals surface area contributed by atoms with Crippen LogP contribution in [0.3, 0.4) is 0 Å². The maximum Gasteiger partial charge on any atom is 0.176 e. The normalized spacial score (nSPS) is 13.5. The third kappa shape index (κ3) is 5.59. The molecule has 31 heavy (non-hydrogen) atoms. The third-order valence-electron chi connectivity index (χ3n) is 4.94. The number of allylic oxidation sites excluding steroid dienone is 1. The van der Waals surface area contributed by atoms with E-state index in [4.69, 9.17) is 34.8 Å². The van der Waals surface area contributed by atoms with Crippen LogP contribution < -0.4 is 5.32 Å². The van der Waals surface area contributed by atoms with Crippen molar-refractivity contribution in [2.45, 2.75) is 46.2 Å². The summed E-state index contributed by atoms with van der Waals surface area (Å²) >= 11 is 18.7. The van der Waals surface area contributed by atoms with E-state index in [2.05, 4.69) is 47.7 Å². The molecule has 1 aromatic heterocycles. The summed E-state index contributed by atoms with van der Waals surface area (Å²) in [5.74, 6) is 0.694. The number of nitrogens with one attached hydrogen (secondary N) is 1. The second-order valence-electron chi connectivity index (χ2n) is 9.01. The van der Waals surface area contributed by atoms with Gasteiger partial charge in [-0.2, -0.15) is 0 Å². The molecule has 164 valence electrons. The van der Waals surface area contributed by atoms with E-state index in [1.165, 1.54) is 0 Å². The van der Waals surface area contributed by atoms with E-state index in [0.29, 0.717) is 20.9 Å². The van der Waals surface area contributed by atoms with Gasteiger partial charge >= 0.3 is 0 Å². The van der Waals surface area contributed by atoms with E-state index in [-0.39, 0.29) is 11.5 Å². The molecule has 1 N–H and O–H groups in total. The van der Waals surface area contributed by atoms with E-state index in [9.17, 15) is 0 Å². The summed E-state index contributed by atoms with van der Waals surface area (Å²) in [6.45, 7) is 10.5. The number of para-hydroxylation sites is 1. The molecule has 0 amide bonds. The van der Waals surface area contributed by atoms with Gasteiger partial charge in [-0.25, -0.2) is 4.68 Å². The van der Waals surface area contributed by atoms with Crippen molar-refractivity contribution in [2.75, 3.05) is 5.32 Å². The van der Waals surface area contributed by atoms with Gasteiger partial charge in [0, 0.05) is 10.0 Å². The molecule has 1 heterocycles. The van der Waals surface area contributed by atoms with Crippen LogP contribution in [-0.2, 0) is 5.54 Å². The van der Waals surface area contributed by atoms with Crippen LogP contribution in [0.4, 0.5) is 5.69 Å². The maximum atomic E-state index is 6.36. The summed E-state index contributed by atoms with van der Waals surface area (Å²) in [5.41, 5.74) is 0.951. The van der Waals surface area contributed by atoms with Crippen LogP contribution in [0.2, 0.25) is 15.1 Å². The summed E-state index contributed by atoms with van der Waals surface area (Å²) in [6, 6.07) is 12.9. The third-order valence-corrected chi connectivity index (χ3v) is 5.84. The number of rotatable bonds is 6. The number of hydrogen-bond donors (Lipinski definition) is 1. The van der Waals surface area contributed by atoms with Gasteiger partial charge in [-0.1, -0.05) is 85.9 Å². The van der Waals surface area contributed by atoms with Crippen molar-refractivity contribution in [3.05, 3.63) is 75.0 Å². The molecule has 0 radical (unpaired) electrons. The van der Waals surface area contributed by atoms with Gasteiger partial charge in [-0.15, -0.1) is 5.10 Å². The molecule has 8 heteroatoms. The molecule has 0 aliphatic rings. The van der Waals surface area contributed by atoms with Crippen molar-refractivity contribution in [1.82, 2.24) is 20.2 Å². The lowest BCUT2D eigenvalue weighted by atomic mass is 9.85. The van der Waals surface area contributed by atoms with Crippen molar-refractivity contribution >= 4 is 46.6 Å². The summed E-state index contributed by atoms with van der Waals surface area (Å²) in [6.07, 6.45) is 4.05. The molecule has 1 atom stereocenters. The summed E-state index contributed by atoms with van der Waals surface area (Å²) in [7, 11) is 0. The highest BCUT2D eigenvalue weighted by molar-refractivity contribution is 6.35. The van der Waals surface area contributed by atoms with Crippen LogP contribution in [-0.4, -0.2) is 20.2 Å². The predicted molar refractivity (Wildman–Crippen MR) is 130 cm³/mol. The Kier molecular flexibility index (Phi) is 6.99. The monoisotopic (exact) mass is 477 g/mol. The number of tetrazole rings is 1. The van der Waals surface area contributed by atoms with Gasteiger partial charge in [0.25, 0.3) is 0 Å². The Morgan fingerprint density at radius 3 is 2.32 bits per heavy atom. The molecule has 0 fully saturated rings. The van der Waals surface area contributed by atoms with E-state index in [1.54, 1.807) is 6.07 Å². The zero-order chi connectivity index (χ0) is 22.8. The van der Waals surface area contributed by atoms with Crippen LogP contribution in [0.5, 0.6) is 0 Å². The summed E-state index contributed by atoms with van der Waals surface area (Å²) in [4.78, 5) is 0. The Bertz CT molecular complexity index is 1080. The fourth-order valence-electron chi connectivity index (χ4n) is 3.32. The standard InChI is InChI=1S/C23H26Cl3N5/c1-22(2,3)20(13-11-15-10-12-16(24)14-18(15)26)31-21(28-29-30-31)23(4,5)27-19-9-7-6-8-17(19)25/h6-14,20,27H,1-5H3/b13-11+/t20-/m1/s1. The Morgan fingerprint density at radius 1 is 0.968 bits per heavy atom. The second kappa shape index (κ2) is 9.19. The van der Waals surface area contributed by atoms with Crippen LogP contribution >= 0.6 is 34.8 Å². The molecule has 0 saturated heterocycles. The fourth-order valence-corrected chi connectivity index (χ4v) is 3.97. The quantitative estimate of drug-likeness (QED) is 0.404. The molecule has 0 spiro atoms. The van der Waals surface area contributed by atoms with Gasteiger partial charge in [0.2, 0.25) is 0 Å². The first-order chi connectivity index (χ1) is 14.5. The van der Waals surface area contributed by atoms with E-state index in [0.717, 1.165) is 11.3 Å². The number of halogens is 3. The Balaban J connectivity index is 1.98. The fraction of sp³-hybridized carbons (Fsp3) is 0.348. The SMILES string of the molecule is CC(C)(Nc1ccccc1Cl)c1nnnn1[C@H](/C=C/c1ccc(Cl)cc1Cl)C(C)(C)C. The molecule has 0 aliphatic heterocycles. The van der Waals surface area contributed by atoms with Gasteiger partial charge in [0.15, 0.2) is 5.82 Å². The zero-order valence-corrected chi connectivity index (χ0v) is 20.5. The predicted octanol–water partition coefficient (Wildman–Crippen LogP) is 7.28. The van der Waals surface area contributed by atoms with Crippen LogP contribution in [0.1, 0.15) is 52.0 Å². The van der Waals surface area contributed by atoms with E-state index < -0.39 is 5.54 Å². The van der Waals surface area contributed by atoms with Gasteiger partial charge in [-0.3, -0.25) is 0 Å². The zero-order valence-electron chi connectivity index (χ0n) is 18.2. The minimum atomic E-state index is -0.580. The maximum absolute atomic E-state index is 6.36. The molecular formula is C23H26Cl3N5. The number of benzene rings is 2. The molecule has 0 unspecified atom stereocenters. The molecule has 2 aromatic carbocycles. The van der Waals surface area contributed by atoms with Gasteiger partial charge in [-0.05, 0) is 59.5 Å². The second-order valence-corrected chi connectivity index (χ2v) is 10.3. The number of aromatic nitrogens is 4. The topological polar surface area (TPSA) is 55.6 Å². The van der Waals surface area contributed by atoms with Gasteiger partial charge in [0.1, 0.15) is 0 Å². The largest absolute Gasteiger partial charge is 0.372 e. The molecule has 0 aliphatic carbocycles. The van der Waals surface area contributed by atoms with Crippen molar-refractivity contribution in [2.24, 2.45) is 5.41 Å². The van der Waals surface area contributed by atoms with Gasteiger partial charge in [0.05, 0.1) is 22.3 Å². The number of nitrogens with zero attached hydrogens (tertiary/aromatic N) is 4. The molecule has 0 bridgehead atoms. The molecule has 3 aromatic rings. The highest BCUT2D eigenvalue weighted by atomic mass is 35.5. The molecule has 3 rings (SSSR count). The first-order valence-electron chi connectivity index (χ1n) is 9.93. The lowest BCUT2D eigenvalue weighted by Crippen LogP contribution is -2.35. The van der Waals surface area contributed by atoms with Crippen molar-refractivity contribution in [1.29, 1.82) is 0 Å². The Labute approximate surface area is 198 Å². The summed E-state index contributed by atoms with van der Waals surface area (Å²) < 4.78 is 1.85. The average Bonchev–Trinajstić information content (AvgIpc) is 3.14. The van der Waals surface area contributed by atoms with Crippen LogP contribution in [0.25, 0.3) is 6.08 Å². The Morgan fingerprint density at radius 2 is 1.68 bits per heavy atom. The van der Waals surface area contributed by atoms with Crippen LogP contribution in [0, 0.1) is 5.41 Å². The van der Waals surface area contributed by atoms with E-state index >= 15 is 0 Å². The highest BCUT2D eigenvalue weighted by Crippen LogP contribution is 2.36.